The lowest BCUT2D eigenvalue weighted by Gasteiger charge is -2.34. The molecule has 1 aromatic rings. The molecule has 1 aromatic heterocycles. The van der Waals surface area contributed by atoms with Gasteiger partial charge in [-0.15, -0.1) is 11.3 Å². The molecular formula is C15H21N3O3S. The zero-order valence-electron chi connectivity index (χ0n) is 12.4. The molecule has 0 unspecified atom stereocenters. The van der Waals surface area contributed by atoms with E-state index in [1.54, 1.807) is 11.3 Å². The van der Waals surface area contributed by atoms with Gasteiger partial charge < -0.3 is 15.4 Å². The molecule has 0 bridgehead atoms. The molecule has 2 aliphatic heterocycles. The fraction of sp³-hybridized carbons (Fsp3) is 0.600. The molecule has 0 aromatic carbocycles. The molecule has 3 heterocycles. The van der Waals surface area contributed by atoms with Crippen LogP contribution in [0.1, 0.15) is 23.8 Å². The van der Waals surface area contributed by atoms with E-state index in [9.17, 15) is 9.59 Å². The van der Waals surface area contributed by atoms with Crippen molar-refractivity contribution >= 4 is 23.2 Å². The molecule has 0 radical (unpaired) electrons. The van der Waals surface area contributed by atoms with E-state index in [2.05, 4.69) is 27.0 Å². The van der Waals surface area contributed by atoms with Crippen LogP contribution in [0.25, 0.3) is 0 Å². The van der Waals surface area contributed by atoms with Crippen LogP contribution in [0, 0.1) is 0 Å². The predicted octanol–water partition coefficient (Wildman–Crippen LogP) is 0.516. The maximum Gasteiger partial charge on any atom is 0.242 e. The number of carbonyl (C=O) groups excluding carboxylic acids is 2. The highest BCUT2D eigenvalue weighted by atomic mass is 32.1. The third kappa shape index (κ3) is 3.66. The largest absolute Gasteiger partial charge is 0.379 e. The van der Waals surface area contributed by atoms with Gasteiger partial charge >= 0.3 is 0 Å². The van der Waals surface area contributed by atoms with Crippen molar-refractivity contribution in [2.75, 3.05) is 32.8 Å². The molecule has 6 nitrogen and oxygen atoms in total. The van der Waals surface area contributed by atoms with Crippen molar-refractivity contribution in [2.24, 2.45) is 0 Å². The Morgan fingerprint density at radius 1 is 1.50 bits per heavy atom. The molecule has 120 valence electrons. The van der Waals surface area contributed by atoms with Crippen molar-refractivity contribution < 1.29 is 14.3 Å². The molecule has 22 heavy (non-hydrogen) atoms. The first-order valence-electron chi connectivity index (χ1n) is 7.66. The third-order valence-electron chi connectivity index (χ3n) is 4.14. The Morgan fingerprint density at radius 2 is 2.32 bits per heavy atom. The van der Waals surface area contributed by atoms with Crippen LogP contribution in [-0.4, -0.2) is 55.6 Å². The molecule has 0 spiro atoms. The summed E-state index contributed by atoms with van der Waals surface area (Å²) >= 11 is 1.71. The summed E-state index contributed by atoms with van der Waals surface area (Å²) in [4.78, 5) is 27.0. The van der Waals surface area contributed by atoms with Crippen molar-refractivity contribution in [3.8, 4) is 0 Å². The summed E-state index contributed by atoms with van der Waals surface area (Å²) in [6, 6.07) is 3.94. The summed E-state index contributed by atoms with van der Waals surface area (Å²) < 4.78 is 5.41. The molecule has 2 N–H and O–H groups in total. The van der Waals surface area contributed by atoms with E-state index in [1.165, 1.54) is 4.88 Å². The number of nitrogens with zero attached hydrogens (tertiary/aromatic N) is 1. The Labute approximate surface area is 133 Å². The van der Waals surface area contributed by atoms with E-state index in [4.69, 9.17) is 4.74 Å². The van der Waals surface area contributed by atoms with Gasteiger partial charge in [-0.25, -0.2) is 0 Å². The van der Waals surface area contributed by atoms with Crippen molar-refractivity contribution in [2.45, 2.75) is 24.9 Å². The van der Waals surface area contributed by atoms with Gasteiger partial charge in [0.2, 0.25) is 11.8 Å². The number of rotatable bonds is 5. The molecule has 2 atom stereocenters. The summed E-state index contributed by atoms with van der Waals surface area (Å²) in [6.07, 6.45) is 1.03. The minimum Gasteiger partial charge on any atom is -0.379 e. The Morgan fingerprint density at radius 3 is 2.95 bits per heavy atom. The lowest BCUT2D eigenvalue weighted by atomic mass is 10.1. The highest BCUT2D eigenvalue weighted by Crippen LogP contribution is 2.25. The van der Waals surface area contributed by atoms with Crippen LogP contribution in [0.3, 0.4) is 0 Å². The quantitative estimate of drug-likeness (QED) is 0.829. The van der Waals surface area contributed by atoms with E-state index in [0.29, 0.717) is 19.4 Å². The summed E-state index contributed by atoms with van der Waals surface area (Å²) in [5.74, 6) is -0.121. The van der Waals surface area contributed by atoms with Crippen LogP contribution < -0.4 is 10.6 Å². The lowest BCUT2D eigenvalue weighted by molar-refractivity contribution is -0.126. The standard InChI is InChI=1S/C15H21N3O3S/c19-14-4-3-11(17-14)15(20)16-10-12(13-2-1-9-22-13)18-5-7-21-8-6-18/h1-2,9,11-12H,3-8,10H2,(H,16,20)(H,17,19)/t11-,12+/m0/s1. The number of thiophene rings is 1. The predicted molar refractivity (Wildman–Crippen MR) is 83.6 cm³/mol. The van der Waals surface area contributed by atoms with Crippen LogP contribution >= 0.6 is 11.3 Å². The minimum atomic E-state index is -0.374. The number of ether oxygens (including phenoxy) is 1. The summed E-state index contributed by atoms with van der Waals surface area (Å²) in [5, 5.41) is 7.77. The molecule has 0 saturated carbocycles. The second-order valence-electron chi connectivity index (χ2n) is 5.58. The van der Waals surface area contributed by atoms with E-state index in [-0.39, 0.29) is 23.9 Å². The van der Waals surface area contributed by atoms with Crippen LogP contribution in [-0.2, 0) is 14.3 Å². The zero-order valence-corrected chi connectivity index (χ0v) is 13.2. The maximum absolute atomic E-state index is 12.2. The van der Waals surface area contributed by atoms with E-state index in [0.717, 1.165) is 26.3 Å². The molecule has 0 aliphatic carbocycles. The molecule has 7 heteroatoms. The molecule has 2 amide bonds. The zero-order chi connectivity index (χ0) is 15.4. The Hall–Kier alpha value is -1.44. The number of carbonyl (C=O) groups is 2. The van der Waals surface area contributed by atoms with Gasteiger partial charge in [-0.1, -0.05) is 6.07 Å². The third-order valence-corrected chi connectivity index (χ3v) is 5.11. The fourth-order valence-corrected chi connectivity index (χ4v) is 3.77. The minimum absolute atomic E-state index is 0.0388. The van der Waals surface area contributed by atoms with Crippen molar-refractivity contribution in [1.29, 1.82) is 0 Å². The summed E-state index contributed by atoms with van der Waals surface area (Å²) in [5.41, 5.74) is 0. The van der Waals surface area contributed by atoms with Gasteiger partial charge in [0.25, 0.3) is 0 Å². The number of hydrogen-bond acceptors (Lipinski definition) is 5. The topological polar surface area (TPSA) is 70.7 Å². The van der Waals surface area contributed by atoms with Crippen LogP contribution in [0.4, 0.5) is 0 Å². The Balaban J connectivity index is 1.60. The van der Waals surface area contributed by atoms with Crippen LogP contribution in [0.5, 0.6) is 0 Å². The first kappa shape index (κ1) is 15.5. The Kier molecular flexibility index (Phi) is 5.07. The van der Waals surface area contributed by atoms with Crippen molar-refractivity contribution in [1.82, 2.24) is 15.5 Å². The fourth-order valence-electron chi connectivity index (χ4n) is 2.91. The monoisotopic (exact) mass is 323 g/mol. The molecule has 2 aliphatic rings. The highest BCUT2D eigenvalue weighted by Gasteiger charge is 2.29. The summed E-state index contributed by atoms with van der Waals surface area (Å²) in [7, 11) is 0. The van der Waals surface area contributed by atoms with Gasteiger partial charge in [-0.2, -0.15) is 0 Å². The molecule has 2 saturated heterocycles. The number of morpholine rings is 1. The maximum atomic E-state index is 12.2. The SMILES string of the molecule is O=C1CC[C@@H](C(=O)NC[C@H](c2cccs2)N2CCOCC2)N1. The van der Waals surface area contributed by atoms with Gasteiger partial charge in [-0.3, -0.25) is 14.5 Å². The van der Waals surface area contributed by atoms with E-state index in [1.807, 2.05) is 6.07 Å². The molecule has 3 rings (SSSR count). The van der Waals surface area contributed by atoms with E-state index < -0.39 is 0 Å². The smallest absolute Gasteiger partial charge is 0.242 e. The Bertz CT molecular complexity index is 514. The summed E-state index contributed by atoms with van der Waals surface area (Å²) in [6.45, 7) is 3.77. The molecular weight excluding hydrogens is 302 g/mol. The van der Waals surface area contributed by atoms with Crippen LogP contribution in [0.2, 0.25) is 0 Å². The first-order chi connectivity index (χ1) is 10.7. The first-order valence-corrected chi connectivity index (χ1v) is 8.54. The van der Waals surface area contributed by atoms with Gasteiger partial charge in [0.05, 0.1) is 19.3 Å². The van der Waals surface area contributed by atoms with Gasteiger partial charge in [0.15, 0.2) is 0 Å². The van der Waals surface area contributed by atoms with E-state index >= 15 is 0 Å². The van der Waals surface area contributed by atoms with Crippen LogP contribution in [0.15, 0.2) is 17.5 Å². The lowest BCUT2D eigenvalue weighted by Crippen LogP contribution is -2.47. The second kappa shape index (κ2) is 7.21. The number of amides is 2. The van der Waals surface area contributed by atoms with Gasteiger partial charge in [0.1, 0.15) is 6.04 Å². The van der Waals surface area contributed by atoms with Crippen molar-refractivity contribution in [3.63, 3.8) is 0 Å². The molecule has 2 fully saturated rings. The number of nitrogens with one attached hydrogen (secondary N) is 2. The second-order valence-corrected chi connectivity index (χ2v) is 6.56. The van der Waals surface area contributed by atoms with Crippen molar-refractivity contribution in [3.05, 3.63) is 22.4 Å². The van der Waals surface area contributed by atoms with Gasteiger partial charge in [0, 0.05) is 30.9 Å². The van der Waals surface area contributed by atoms with Gasteiger partial charge in [-0.05, 0) is 17.9 Å². The average Bonchev–Trinajstić information content (AvgIpc) is 3.20. The number of hydrogen-bond donors (Lipinski definition) is 2. The average molecular weight is 323 g/mol. The highest BCUT2D eigenvalue weighted by molar-refractivity contribution is 7.10. The normalized spacial score (nSPS) is 24.0.